The van der Waals surface area contributed by atoms with Crippen LogP contribution in [0.15, 0.2) is 54.6 Å². The molecule has 0 amide bonds. The second-order valence-corrected chi connectivity index (χ2v) is 5.84. The fourth-order valence-electron chi connectivity index (χ4n) is 2.82. The number of nitrogens with zero attached hydrogens (tertiary/aromatic N) is 1. The first-order chi connectivity index (χ1) is 11.0. The highest BCUT2D eigenvalue weighted by Gasteiger charge is 2.34. The van der Waals surface area contributed by atoms with Gasteiger partial charge in [0.25, 0.3) is 0 Å². The lowest BCUT2D eigenvalue weighted by atomic mass is 9.98. The Morgan fingerprint density at radius 2 is 1.61 bits per heavy atom. The maximum Gasteiger partial charge on any atom is 0.416 e. The summed E-state index contributed by atoms with van der Waals surface area (Å²) in [5.74, 6) is 1.20. The third-order valence-electron chi connectivity index (χ3n) is 3.98. The summed E-state index contributed by atoms with van der Waals surface area (Å²) in [4.78, 5) is 2.02. The van der Waals surface area contributed by atoms with Crippen LogP contribution in [0.1, 0.15) is 11.1 Å². The van der Waals surface area contributed by atoms with Gasteiger partial charge in [0.15, 0.2) is 0 Å². The van der Waals surface area contributed by atoms with Gasteiger partial charge in [-0.15, -0.1) is 0 Å². The molecule has 0 aromatic heterocycles. The number of benzene rings is 2. The molecule has 0 saturated carbocycles. The number of hydrogen-bond acceptors (Lipinski definition) is 2. The van der Waals surface area contributed by atoms with Crippen LogP contribution in [0.3, 0.4) is 0 Å². The predicted octanol–water partition coefficient (Wildman–Crippen LogP) is 4.22. The summed E-state index contributed by atoms with van der Waals surface area (Å²) in [6, 6.07) is 15.3. The van der Waals surface area contributed by atoms with E-state index in [9.17, 15) is 13.2 Å². The standard InChI is InChI=1S/C18H18F3NO/c19-18(20,21)17-9-5-4-6-15(17)12-22-10-14(11-22)13-23-16-7-2-1-3-8-16/h1-9,14H,10-13H2. The van der Waals surface area contributed by atoms with Crippen molar-refractivity contribution >= 4 is 0 Å². The summed E-state index contributed by atoms with van der Waals surface area (Å²) in [6.07, 6.45) is -4.29. The van der Waals surface area contributed by atoms with Crippen LogP contribution < -0.4 is 4.74 Å². The van der Waals surface area contributed by atoms with Crippen molar-refractivity contribution in [2.75, 3.05) is 19.7 Å². The molecule has 0 bridgehead atoms. The zero-order chi connectivity index (χ0) is 16.3. The molecule has 122 valence electrons. The van der Waals surface area contributed by atoms with Gasteiger partial charge >= 0.3 is 6.18 Å². The van der Waals surface area contributed by atoms with Gasteiger partial charge in [-0.3, -0.25) is 4.90 Å². The average Bonchev–Trinajstić information content (AvgIpc) is 2.50. The van der Waals surface area contributed by atoms with E-state index >= 15 is 0 Å². The van der Waals surface area contributed by atoms with Gasteiger partial charge in [0.05, 0.1) is 12.2 Å². The van der Waals surface area contributed by atoms with Crippen molar-refractivity contribution in [1.29, 1.82) is 0 Å². The van der Waals surface area contributed by atoms with Gasteiger partial charge < -0.3 is 4.74 Å². The molecular formula is C18H18F3NO. The lowest BCUT2D eigenvalue weighted by molar-refractivity contribution is -0.138. The predicted molar refractivity (Wildman–Crippen MR) is 82.1 cm³/mol. The second-order valence-electron chi connectivity index (χ2n) is 5.84. The van der Waals surface area contributed by atoms with E-state index < -0.39 is 11.7 Å². The fourth-order valence-corrected chi connectivity index (χ4v) is 2.82. The maximum atomic E-state index is 13.0. The Kier molecular flexibility index (Phi) is 4.57. The number of para-hydroxylation sites is 1. The minimum absolute atomic E-state index is 0.331. The largest absolute Gasteiger partial charge is 0.493 e. The number of hydrogen-bond donors (Lipinski definition) is 0. The topological polar surface area (TPSA) is 12.5 Å². The lowest BCUT2D eigenvalue weighted by Gasteiger charge is -2.39. The molecule has 1 aliphatic rings. The molecule has 1 saturated heterocycles. The van der Waals surface area contributed by atoms with Gasteiger partial charge in [0.2, 0.25) is 0 Å². The lowest BCUT2D eigenvalue weighted by Crippen LogP contribution is -2.48. The Labute approximate surface area is 133 Å². The summed E-state index contributed by atoms with van der Waals surface area (Å²) in [6.45, 7) is 2.46. The van der Waals surface area contributed by atoms with Gasteiger partial charge in [-0.05, 0) is 23.8 Å². The van der Waals surface area contributed by atoms with Crippen molar-refractivity contribution in [3.05, 3.63) is 65.7 Å². The Bertz CT molecular complexity index is 636. The molecule has 1 heterocycles. The molecule has 0 N–H and O–H groups in total. The molecule has 1 fully saturated rings. The first-order valence-electron chi connectivity index (χ1n) is 7.57. The van der Waals surface area contributed by atoms with Crippen LogP contribution in [-0.2, 0) is 12.7 Å². The third-order valence-corrected chi connectivity index (χ3v) is 3.98. The Balaban J connectivity index is 1.49. The van der Waals surface area contributed by atoms with Crippen LogP contribution in [0, 0.1) is 5.92 Å². The fraction of sp³-hybridized carbons (Fsp3) is 0.333. The molecule has 0 aliphatic carbocycles. The summed E-state index contributed by atoms with van der Waals surface area (Å²) < 4.78 is 44.6. The molecule has 3 rings (SSSR count). The van der Waals surface area contributed by atoms with Crippen molar-refractivity contribution in [2.45, 2.75) is 12.7 Å². The molecule has 0 radical (unpaired) electrons. The van der Waals surface area contributed by atoms with E-state index in [2.05, 4.69) is 0 Å². The highest BCUT2D eigenvalue weighted by Crippen LogP contribution is 2.33. The van der Waals surface area contributed by atoms with Crippen LogP contribution >= 0.6 is 0 Å². The zero-order valence-electron chi connectivity index (χ0n) is 12.6. The van der Waals surface area contributed by atoms with Crippen molar-refractivity contribution in [3.63, 3.8) is 0 Å². The SMILES string of the molecule is FC(F)(F)c1ccccc1CN1CC(COc2ccccc2)C1. The molecule has 2 aromatic carbocycles. The number of alkyl halides is 3. The third kappa shape index (κ3) is 4.05. The van der Waals surface area contributed by atoms with Crippen molar-refractivity contribution in [2.24, 2.45) is 5.92 Å². The monoisotopic (exact) mass is 321 g/mol. The van der Waals surface area contributed by atoms with Crippen LogP contribution in [0.25, 0.3) is 0 Å². The minimum atomic E-state index is -4.29. The summed E-state index contributed by atoms with van der Waals surface area (Å²) in [5, 5.41) is 0. The Morgan fingerprint density at radius 1 is 0.957 bits per heavy atom. The molecule has 0 spiro atoms. The molecule has 1 aliphatic heterocycles. The summed E-state index contributed by atoms with van der Waals surface area (Å²) in [5.41, 5.74) is -0.202. The van der Waals surface area contributed by atoms with Gasteiger partial charge in [0.1, 0.15) is 5.75 Å². The van der Waals surface area contributed by atoms with Crippen LogP contribution in [0.4, 0.5) is 13.2 Å². The average molecular weight is 321 g/mol. The molecule has 2 aromatic rings. The van der Waals surface area contributed by atoms with Crippen LogP contribution in [0.5, 0.6) is 5.75 Å². The number of ether oxygens (including phenoxy) is 1. The first kappa shape index (κ1) is 15.9. The zero-order valence-corrected chi connectivity index (χ0v) is 12.6. The molecule has 2 nitrogen and oxygen atoms in total. The highest BCUT2D eigenvalue weighted by atomic mass is 19.4. The van der Waals surface area contributed by atoms with E-state index in [1.54, 1.807) is 12.1 Å². The van der Waals surface area contributed by atoms with Crippen molar-refractivity contribution < 1.29 is 17.9 Å². The maximum absolute atomic E-state index is 13.0. The van der Waals surface area contributed by atoms with E-state index in [4.69, 9.17) is 4.74 Å². The quantitative estimate of drug-likeness (QED) is 0.818. The molecular weight excluding hydrogens is 303 g/mol. The van der Waals surface area contributed by atoms with Gasteiger partial charge in [-0.1, -0.05) is 36.4 Å². The summed E-state index contributed by atoms with van der Waals surface area (Å²) in [7, 11) is 0. The Morgan fingerprint density at radius 3 is 2.30 bits per heavy atom. The molecule has 0 atom stereocenters. The number of halogens is 3. The van der Waals surface area contributed by atoms with Crippen molar-refractivity contribution in [1.82, 2.24) is 4.90 Å². The van der Waals surface area contributed by atoms with Crippen LogP contribution in [-0.4, -0.2) is 24.6 Å². The van der Waals surface area contributed by atoms with E-state index in [0.717, 1.165) is 24.9 Å². The van der Waals surface area contributed by atoms with Crippen molar-refractivity contribution in [3.8, 4) is 5.75 Å². The Hall–Kier alpha value is -2.01. The second kappa shape index (κ2) is 6.62. The summed E-state index contributed by atoms with van der Waals surface area (Å²) >= 11 is 0. The molecule has 5 heteroatoms. The van der Waals surface area contributed by atoms with Gasteiger partial charge in [-0.25, -0.2) is 0 Å². The van der Waals surface area contributed by atoms with E-state index in [0.29, 0.717) is 24.6 Å². The minimum Gasteiger partial charge on any atom is -0.493 e. The first-order valence-corrected chi connectivity index (χ1v) is 7.57. The van der Waals surface area contributed by atoms with E-state index in [1.807, 2.05) is 35.2 Å². The van der Waals surface area contributed by atoms with Crippen LogP contribution in [0.2, 0.25) is 0 Å². The smallest absolute Gasteiger partial charge is 0.416 e. The van der Waals surface area contributed by atoms with E-state index in [-0.39, 0.29) is 0 Å². The van der Waals surface area contributed by atoms with Gasteiger partial charge in [-0.2, -0.15) is 13.2 Å². The molecule has 0 unspecified atom stereocenters. The number of likely N-dealkylation sites (tertiary alicyclic amines) is 1. The normalized spacial score (nSPS) is 16.1. The van der Waals surface area contributed by atoms with E-state index in [1.165, 1.54) is 6.07 Å². The number of rotatable bonds is 5. The van der Waals surface area contributed by atoms with Gasteiger partial charge in [0, 0.05) is 25.6 Å². The molecule has 23 heavy (non-hydrogen) atoms. The highest BCUT2D eigenvalue weighted by molar-refractivity contribution is 5.29.